The third-order valence-electron chi connectivity index (χ3n) is 5.35. The van der Waals surface area contributed by atoms with Crippen LogP contribution in [0.4, 0.5) is 4.39 Å². The zero-order valence-corrected chi connectivity index (χ0v) is 16.3. The molecule has 0 aliphatic carbocycles. The Morgan fingerprint density at radius 1 is 1.14 bits per heavy atom. The van der Waals surface area contributed by atoms with Crippen molar-refractivity contribution in [2.45, 2.75) is 12.5 Å². The predicted octanol–water partition coefficient (Wildman–Crippen LogP) is 2.96. The standard InChI is InChI=1S/C23H25FN2O3/c24-20-5-3-18(4-6-20)21(26-10-13-28-14-11-26)16-25-23(27)8-2-17-1-7-22-19(15-17)9-12-29-22/h1-8,15,21H,9-14,16H2,(H,25,27). The van der Waals surface area contributed by atoms with Crippen LogP contribution in [-0.2, 0) is 16.0 Å². The van der Waals surface area contributed by atoms with Gasteiger partial charge in [0.15, 0.2) is 0 Å². The molecule has 0 bridgehead atoms. The highest BCUT2D eigenvalue weighted by Crippen LogP contribution is 2.26. The van der Waals surface area contributed by atoms with E-state index in [1.54, 1.807) is 18.2 Å². The van der Waals surface area contributed by atoms with Crippen LogP contribution in [-0.4, -0.2) is 50.3 Å². The van der Waals surface area contributed by atoms with E-state index in [2.05, 4.69) is 16.3 Å². The number of nitrogens with zero attached hydrogens (tertiary/aromatic N) is 1. The molecule has 2 aliphatic rings. The Balaban J connectivity index is 1.39. The lowest BCUT2D eigenvalue weighted by atomic mass is 10.0. The predicted molar refractivity (Wildman–Crippen MR) is 109 cm³/mol. The molecule has 5 nitrogen and oxygen atoms in total. The van der Waals surface area contributed by atoms with E-state index < -0.39 is 0 Å². The summed E-state index contributed by atoms with van der Waals surface area (Å²) >= 11 is 0. The number of halogens is 1. The molecule has 0 aromatic heterocycles. The molecule has 6 heteroatoms. The Hall–Kier alpha value is -2.70. The molecular formula is C23H25FN2O3. The van der Waals surface area contributed by atoms with E-state index in [9.17, 15) is 9.18 Å². The summed E-state index contributed by atoms with van der Waals surface area (Å²) < 4.78 is 24.3. The van der Waals surface area contributed by atoms with Crippen molar-refractivity contribution < 1.29 is 18.7 Å². The number of amides is 1. The summed E-state index contributed by atoms with van der Waals surface area (Å²) in [7, 11) is 0. The topological polar surface area (TPSA) is 50.8 Å². The molecule has 152 valence electrons. The van der Waals surface area contributed by atoms with Crippen LogP contribution in [0.1, 0.15) is 22.7 Å². The minimum absolute atomic E-state index is 0.0195. The van der Waals surface area contributed by atoms with E-state index in [1.165, 1.54) is 17.7 Å². The first-order valence-corrected chi connectivity index (χ1v) is 9.98. The number of morpholine rings is 1. The molecule has 1 amide bonds. The SMILES string of the molecule is O=C(C=Cc1ccc2c(c1)CCO2)NCC(c1ccc(F)cc1)N1CCOCC1. The summed E-state index contributed by atoms with van der Waals surface area (Å²) in [5.74, 6) is 0.516. The number of fused-ring (bicyclic) bond motifs is 1. The molecule has 4 rings (SSSR count). The fraction of sp³-hybridized carbons (Fsp3) is 0.348. The van der Waals surface area contributed by atoms with Gasteiger partial charge in [-0.15, -0.1) is 0 Å². The molecule has 1 atom stereocenters. The molecule has 2 heterocycles. The summed E-state index contributed by atoms with van der Waals surface area (Å²) in [5, 5.41) is 2.99. The maximum absolute atomic E-state index is 13.3. The smallest absolute Gasteiger partial charge is 0.244 e. The number of hydrogen-bond donors (Lipinski definition) is 1. The van der Waals surface area contributed by atoms with Crippen LogP contribution < -0.4 is 10.1 Å². The van der Waals surface area contributed by atoms with Crippen molar-refractivity contribution in [3.05, 3.63) is 71.0 Å². The Bertz CT molecular complexity index is 876. The molecule has 0 saturated carbocycles. The van der Waals surface area contributed by atoms with Crippen LogP contribution in [0.25, 0.3) is 6.08 Å². The summed E-state index contributed by atoms with van der Waals surface area (Å²) in [6.45, 7) is 4.05. The van der Waals surface area contributed by atoms with Gasteiger partial charge in [-0.05, 0) is 47.0 Å². The van der Waals surface area contributed by atoms with Crippen LogP contribution in [0.3, 0.4) is 0 Å². The van der Waals surface area contributed by atoms with Gasteiger partial charge in [0.2, 0.25) is 5.91 Å². The van der Waals surface area contributed by atoms with Gasteiger partial charge in [-0.2, -0.15) is 0 Å². The molecule has 1 unspecified atom stereocenters. The number of hydrogen-bond acceptors (Lipinski definition) is 4. The quantitative estimate of drug-likeness (QED) is 0.763. The van der Waals surface area contributed by atoms with Gasteiger partial charge in [0.1, 0.15) is 11.6 Å². The van der Waals surface area contributed by atoms with Crippen molar-refractivity contribution in [2.75, 3.05) is 39.5 Å². The van der Waals surface area contributed by atoms with Crippen LogP contribution >= 0.6 is 0 Å². The summed E-state index contributed by atoms with van der Waals surface area (Å²) in [6.07, 6.45) is 4.27. The third-order valence-corrected chi connectivity index (χ3v) is 5.35. The van der Waals surface area contributed by atoms with Crippen LogP contribution in [0.15, 0.2) is 48.5 Å². The Morgan fingerprint density at radius 3 is 2.72 bits per heavy atom. The molecule has 2 aromatic rings. The second-order valence-electron chi connectivity index (χ2n) is 7.26. The Labute approximate surface area is 170 Å². The van der Waals surface area contributed by atoms with Gasteiger partial charge < -0.3 is 14.8 Å². The molecular weight excluding hydrogens is 371 g/mol. The first kappa shape index (κ1) is 19.6. The maximum Gasteiger partial charge on any atom is 0.244 e. The fourth-order valence-electron chi connectivity index (χ4n) is 3.77. The molecule has 0 spiro atoms. The van der Waals surface area contributed by atoms with Crippen molar-refractivity contribution in [3.8, 4) is 5.75 Å². The van der Waals surface area contributed by atoms with Gasteiger partial charge in [0.05, 0.1) is 25.9 Å². The minimum atomic E-state index is -0.263. The zero-order chi connectivity index (χ0) is 20.1. The average Bonchev–Trinajstić information content (AvgIpc) is 3.22. The van der Waals surface area contributed by atoms with E-state index in [0.29, 0.717) is 19.8 Å². The number of carbonyl (C=O) groups is 1. The van der Waals surface area contributed by atoms with Gasteiger partial charge in [0.25, 0.3) is 0 Å². The second-order valence-corrected chi connectivity index (χ2v) is 7.26. The molecule has 29 heavy (non-hydrogen) atoms. The number of carbonyl (C=O) groups excluding carboxylic acids is 1. The molecule has 2 aliphatic heterocycles. The zero-order valence-electron chi connectivity index (χ0n) is 16.3. The second kappa shape index (κ2) is 9.20. The van der Waals surface area contributed by atoms with Crippen LogP contribution in [0.2, 0.25) is 0 Å². The van der Waals surface area contributed by atoms with Gasteiger partial charge in [-0.1, -0.05) is 18.2 Å². The van der Waals surface area contributed by atoms with Gasteiger partial charge in [0, 0.05) is 32.1 Å². The Kier molecular flexibility index (Phi) is 6.22. The average molecular weight is 396 g/mol. The van der Waals surface area contributed by atoms with Crippen molar-refractivity contribution >= 4 is 12.0 Å². The van der Waals surface area contributed by atoms with Crippen molar-refractivity contribution in [2.24, 2.45) is 0 Å². The molecule has 2 aromatic carbocycles. The third kappa shape index (κ3) is 5.02. The molecule has 0 radical (unpaired) electrons. The van der Waals surface area contributed by atoms with Crippen molar-refractivity contribution in [3.63, 3.8) is 0 Å². The first-order valence-electron chi connectivity index (χ1n) is 9.98. The number of rotatable bonds is 6. The lowest BCUT2D eigenvalue weighted by Gasteiger charge is -2.34. The normalized spacial score (nSPS) is 17.7. The monoisotopic (exact) mass is 396 g/mol. The molecule has 1 fully saturated rings. The fourth-order valence-corrected chi connectivity index (χ4v) is 3.77. The van der Waals surface area contributed by atoms with Crippen LogP contribution in [0, 0.1) is 5.82 Å². The number of ether oxygens (including phenoxy) is 2. The van der Waals surface area contributed by atoms with Gasteiger partial charge >= 0.3 is 0 Å². The minimum Gasteiger partial charge on any atom is -0.493 e. The molecule has 1 saturated heterocycles. The van der Waals surface area contributed by atoms with E-state index in [1.807, 2.05) is 18.2 Å². The summed E-state index contributed by atoms with van der Waals surface area (Å²) in [5.41, 5.74) is 3.14. The van der Waals surface area contributed by atoms with Gasteiger partial charge in [-0.25, -0.2) is 4.39 Å². The van der Waals surface area contributed by atoms with E-state index >= 15 is 0 Å². The largest absolute Gasteiger partial charge is 0.493 e. The van der Waals surface area contributed by atoms with E-state index in [4.69, 9.17) is 9.47 Å². The first-order chi connectivity index (χ1) is 14.2. The maximum atomic E-state index is 13.3. The van der Waals surface area contributed by atoms with Crippen LogP contribution in [0.5, 0.6) is 5.75 Å². The van der Waals surface area contributed by atoms with Gasteiger partial charge in [-0.3, -0.25) is 9.69 Å². The highest BCUT2D eigenvalue weighted by Gasteiger charge is 2.23. The summed E-state index contributed by atoms with van der Waals surface area (Å²) in [6, 6.07) is 12.4. The summed E-state index contributed by atoms with van der Waals surface area (Å²) in [4.78, 5) is 14.7. The number of nitrogens with one attached hydrogen (secondary N) is 1. The lowest BCUT2D eigenvalue weighted by Crippen LogP contribution is -2.43. The van der Waals surface area contributed by atoms with Crippen molar-refractivity contribution in [1.29, 1.82) is 0 Å². The molecule has 1 N–H and O–H groups in total. The van der Waals surface area contributed by atoms with E-state index in [0.717, 1.165) is 43.0 Å². The van der Waals surface area contributed by atoms with Crippen molar-refractivity contribution in [1.82, 2.24) is 10.2 Å². The highest BCUT2D eigenvalue weighted by atomic mass is 19.1. The van der Waals surface area contributed by atoms with E-state index in [-0.39, 0.29) is 17.8 Å². The number of benzene rings is 2. The highest BCUT2D eigenvalue weighted by molar-refractivity contribution is 5.91. The lowest BCUT2D eigenvalue weighted by molar-refractivity contribution is -0.116. The Morgan fingerprint density at radius 2 is 1.93 bits per heavy atom.